The summed E-state index contributed by atoms with van der Waals surface area (Å²) in [6, 6.07) is 14.0. The summed E-state index contributed by atoms with van der Waals surface area (Å²) in [4.78, 5) is 14.6. The summed E-state index contributed by atoms with van der Waals surface area (Å²) >= 11 is 3.62. The molecule has 5 heteroatoms. The Hall–Kier alpha value is -2.27. The Bertz CT molecular complexity index is 930. The summed E-state index contributed by atoms with van der Waals surface area (Å²) in [5.74, 6) is 0.453. The van der Waals surface area contributed by atoms with Crippen molar-refractivity contribution in [1.29, 1.82) is 0 Å². The van der Waals surface area contributed by atoms with Gasteiger partial charge in [0.2, 0.25) is 0 Å². The number of esters is 1. The first-order valence-corrected chi connectivity index (χ1v) is 11.1. The fraction of sp³-hybridized carbons (Fsp3) is 0.400. The average molecular weight is 472 g/mol. The number of halogens is 1. The van der Waals surface area contributed by atoms with Crippen LogP contribution in [0.25, 0.3) is 6.08 Å². The Balaban J connectivity index is 1.71. The van der Waals surface area contributed by atoms with E-state index < -0.39 is 5.60 Å². The Morgan fingerprint density at radius 2 is 1.97 bits per heavy atom. The van der Waals surface area contributed by atoms with Crippen molar-refractivity contribution in [3.05, 3.63) is 69.3 Å². The first-order valence-electron chi connectivity index (χ1n) is 10.3. The highest BCUT2D eigenvalue weighted by molar-refractivity contribution is 9.10. The minimum Gasteiger partial charge on any atom is -0.489 e. The summed E-state index contributed by atoms with van der Waals surface area (Å²) in [7, 11) is 2.14. The number of carbonyl (C=O) groups excluding carboxylic acids is 1. The SMILES string of the molecule is CN1CCCC1=Cc1cc(Br)cc(COc2ccccc2CC(=O)OC(C)(C)C)c1. The lowest BCUT2D eigenvalue weighted by Crippen LogP contribution is -2.25. The predicted octanol–water partition coefficient (Wildman–Crippen LogP) is 5.98. The third-order valence-corrected chi connectivity index (χ3v) is 5.31. The molecule has 0 amide bonds. The molecule has 2 aromatic carbocycles. The second-order valence-electron chi connectivity index (χ2n) is 8.71. The van der Waals surface area contributed by atoms with Crippen LogP contribution in [0, 0.1) is 0 Å². The van der Waals surface area contributed by atoms with Gasteiger partial charge in [0.05, 0.1) is 6.42 Å². The van der Waals surface area contributed by atoms with Crippen molar-refractivity contribution in [2.75, 3.05) is 13.6 Å². The van der Waals surface area contributed by atoms with Gasteiger partial charge in [-0.3, -0.25) is 4.79 Å². The molecule has 0 bridgehead atoms. The number of nitrogens with zero attached hydrogens (tertiary/aromatic N) is 1. The zero-order valence-corrected chi connectivity index (χ0v) is 19.8. The summed E-state index contributed by atoms with van der Waals surface area (Å²) in [6.45, 7) is 7.16. The van der Waals surface area contributed by atoms with Crippen LogP contribution in [0.4, 0.5) is 0 Å². The minimum absolute atomic E-state index is 0.190. The second kappa shape index (κ2) is 9.69. The lowest BCUT2D eigenvalue weighted by atomic mass is 10.1. The van der Waals surface area contributed by atoms with E-state index in [1.807, 2.05) is 45.0 Å². The Morgan fingerprint density at radius 3 is 2.67 bits per heavy atom. The van der Waals surface area contributed by atoms with Crippen LogP contribution < -0.4 is 4.74 Å². The molecular weight excluding hydrogens is 442 g/mol. The molecule has 0 N–H and O–H groups in total. The number of hydrogen-bond donors (Lipinski definition) is 0. The summed E-state index contributed by atoms with van der Waals surface area (Å²) in [5.41, 5.74) is 3.93. The van der Waals surface area contributed by atoms with Gasteiger partial charge in [0.1, 0.15) is 18.0 Å². The van der Waals surface area contributed by atoms with E-state index in [0.29, 0.717) is 12.4 Å². The van der Waals surface area contributed by atoms with Crippen LogP contribution in [0.5, 0.6) is 5.75 Å². The van der Waals surface area contributed by atoms with E-state index in [1.54, 1.807) is 0 Å². The summed E-state index contributed by atoms with van der Waals surface area (Å²) in [6.07, 6.45) is 4.76. The van der Waals surface area contributed by atoms with Crippen LogP contribution in [0.2, 0.25) is 0 Å². The molecule has 160 valence electrons. The van der Waals surface area contributed by atoms with Crippen LogP contribution in [-0.2, 0) is 22.6 Å². The fourth-order valence-corrected chi connectivity index (χ4v) is 4.09. The van der Waals surface area contributed by atoms with Gasteiger partial charge in [0.15, 0.2) is 0 Å². The van der Waals surface area contributed by atoms with Gasteiger partial charge in [0, 0.05) is 29.3 Å². The van der Waals surface area contributed by atoms with Crippen molar-refractivity contribution >= 4 is 28.0 Å². The molecule has 0 spiro atoms. The molecule has 1 fully saturated rings. The number of hydrogen-bond acceptors (Lipinski definition) is 4. The van der Waals surface area contributed by atoms with Gasteiger partial charge >= 0.3 is 5.97 Å². The van der Waals surface area contributed by atoms with E-state index in [4.69, 9.17) is 9.47 Å². The average Bonchev–Trinajstić information content (AvgIpc) is 3.03. The van der Waals surface area contributed by atoms with E-state index >= 15 is 0 Å². The Kier molecular flexibility index (Phi) is 7.24. The third kappa shape index (κ3) is 6.63. The Labute approximate surface area is 188 Å². The maximum Gasteiger partial charge on any atom is 0.310 e. The molecule has 4 nitrogen and oxygen atoms in total. The zero-order valence-electron chi connectivity index (χ0n) is 18.2. The lowest BCUT2D eigenvalue weighted by molar-refractivity contribution is -0.153. The predicted molar refractivity (Wildman–Crippen MR) is 124 cm³/mol. The van der Waals surface area contributed by atoms with Gasteiger partial charge in [-0.2, -0.15) is 0 Å². The quantitative estimate of drug-likeness (QED) is 0.485. The molecule has 1 aliphatic rings. The van der Waals surface area contributed by atoms with E-state index in [2.05, 4.69) is 52.2 Å². The maximum atomic E-state index is 12.2. The molecule has 3 rings (SSSR count). The van der Waals surface area contributed by atoms with Gasteiger partial charge in [0.25, 0.3) is 0 Å². The fourth-order valence-electron chi connectivity index (χ4n) is 3.53. The van der Waals surface area contributed by atoms with Crippen LogP contribution in [0.1, 0.15) is 50.3 Å². The number of benzene rings is 2. The molecule has 0 unspecified atom stereocenters. The molecule has 1 aliphatic heterocycles. The van der Waals surface area contributed by atoms with E-state index in [9.17, 15) is 4.79 Å². The third-order valence-electron chi connectivity index (χ3n) is 4.85. The van der Waals surface area contributed by atoms with Crippen LogP contribution in [0.15, 0.2) is 52.6 Å². The number of ether oxygens (including phenoxy) is 2. The summed E-state index contributed by atoms with van der Waals surface area (Å²) in [5, 5.41) is 0. The number of rotatable bonds is 6. The van der Waals surface area contributed by atoms with Crippen molar-refractivity contribution in [2.45, 2.75) is 52.2 Å². The van der Waals surface area contributed by atoms with Gasteiger partial charge in [-0.15, -0.1) is 0 Å². The largest absolute Gasteiger partial charge is 0.489 e. The van der Waals surface area contributed by atoms with Gasteiger partial charge in [-0.1, -0.05) is 34.1 Å². The molecule has 0 saturated carbocycles. The molecule has 0 radical (unpaired) electrons. The lowest BCUT2D eigenvalue weighted by Gasteiger charge is -2.20. The molecule has 0 atom stereocenters. The van der Waals surface area contributed by atoms with Crippen molar-refractivity contribution in [1.82, 2.24) is 4.90 Å². The smallest absolute Gasteiger partial charge is 0.310 e. The number of likely N-dealkylation sites (tertiary alicyclic amines) is 1. The van der Waals surface area contributed by atoms with E-state index in [1.165, 1.54) is 12.1 Å². The van der Waals surface area contributed by atoms with Crippen molar-refractivity contribution < 1.29 is 14.3 Å². The van der Waals surface area contributed by atoms with Crippen molar-refractivity contribution in [3.8, 4) is 5.75 Å². The topological polar surface area (TPSA) is 38.8 Å². The van der Waals surface area contributed by atoms with E-state index in [-0.39, 0.29) is 12.4 Å². The van der Waals surface area contributed by atoms with Crippen molar-refractivity contribution in [3.63, 3.8) is 0 Å². The van der Waals surface area contributed by atoms with Crippen LogP contribution in [0.3, 0.4) is 0 Å². The van der Waals surface area contributed by atoms with E-state index in [0.717, 1.165) is 34.1 Å². The highest BCUT2D eigenvalue weighted by Gasteiger charge is 2.18. The number of allylic oxidation sites excluding steroid dienone is 1. The highest BCUT2D eigenvalue weighted by Crippen LogP contribution is 2.26. The number of para-hydroxylation sites is 1. The molecule has 30 heavy (non-hydrogen) atoms. The molecule has 0 aliphatic carbocycles. The molecule has 0 aromatic heterocycles. The summed E-state index contributed by atoms with van der Waals surface area (Å²) < 4.78 is 12.6. The maximum absolute atomic E-state index is 12.2. The normalized spacial score (nSPS) is 15.5. The molecule has 2 aromatic rings. The molecular formula is C25H30BrNO3. The minimum atomic E-state index is -0.499. The van der Waals surface area contributed by atoms with Gasteiger partial charge in [-0.05, 0) is 75.1 Å². The highest BCUT2D eigenvalue weighted by atomic mass is 79.9. The van der Waals surface area contributed by atoms with Gasteiger partial charge < -0.3 is 14.4 Å². The standard InChI is InChI=1S/C25H30BrNO3/c1-25(2,3)30-24(28)16-20-8-5-6-10-23(20)29-17-19-12-18(13-21(26)14-19)15-22-9-7-11-27(22)4/h5-6,8,10,12-15H,7,9,11,16-17H2,1-4H3. The second-order valence-corrected chi connectivity index (χ2v) is 9.63. The first-order chi connectivity index (χ1) is 14.2. The van der Waals surface area contributed by atoms with Crippen molar-refractivity contribution in [2.24, 2.45) is 0 Å². The first kappa shape index (κ1) is 22.4. The monoisotopic (exact) mass is 471 g/mol. The molecule has 1 heterocycles. The zero-order chi connectivity index (χ0) is 21.7. The van der Waals surface area contributed by atoms with Crippen LogP contribution in [-0.4, -0.2) is 30.1 Å². The van der Waals surface area contributed by atoms with Crippen LogP contribution >= 0.6 is 15.9 Å². The molecule has 1 saturated heterocycles. The number of carbonyl (C=O) groups is 1. The van der Waals surface area contributed by atoms with Gasteiger partial charge in [-0.25, -0.2) is 0 Å². The Morgan fingerprint density at radius 1 is 1.20 bits per heavy atom.